The molecule has 0 spiro atoms. The molecule has 0 fully saturated rings. The molecule has 18 heavy (non-hydrogen) atoms. The summed E-state index contributed by atoms with van der Waals surface area (Å²) < 4.78 is 0. The summed E-state index contributed by atoms with van der Waals surface area (Å²) in [5, 5.41) is 1.10. The third-order valence-electron chi connectivity index (χ3n) is 2.64. The number of aromatic nitrogens is 2. The van der Waals surface area contributed by atoms with Crippen LogP contribution >= 0.6 is 0 Å². The summed E-state index contributed by atoms with van der Waals surface area (Å²) in [6.45, 7) is 0. The SMILES string of the molecule is C(=Nc1cnc2ccccc2c1)c1ccncc1. The largest absolute Gasteiger partial charge is 0.265 e. The number of para-hydroxylation sites is 1. The van der Waals surface area contributed by atoms with Crippen molar-refractivity contribution in [3.8, 4) is 0 Å². The topological polar surface area (TPSA) is 38.1 Å². The fraction of sp³-hybridized carbons (Fsp3) is 0. The molecule has 2 aromatic heterocycles. The zero-order valence-electron chi connectivity index (χ0n) is 9.69. The molecule has 0 radical (unpaired) electrons. The van der Waals surface area contributed by atoms with Crippen LogP contribution in [0.4, 0.5) is 5.69 Å². The first-order valence-electron chi connectivity index (χ1n) is 5.71. The second-order valence-electron chi connectivity index (χ2n) is 3.92. The molecule has 0 aliphatic rings. The number of hydrogen-bond donors (Lipinski definition) is 0. The fourth-order valence-electron chi connectivity index (χ4n) is 1.73. The minimum Gasteiger partial charge on any atom is -0.265 e. The highest BCUT2D eigenvalue weighted by Crippen LogP contribution is 2.18. The highest BCUT2D eigenvalue weighted by atomic mass is 14.8. The lowest BCUT2D eigenvalue weighted by molar-refractivity contribution is 1.32. The third kappa shape index (κ3) is 2.25. The number of rotatable bonds is 2. The average molecular weight is 233 g/mol. The molecule has 3 rings (SSSR count). The first kappa shape index (κ1) is 10.6. The van der Waals surface area contributed by atoms with Gasteiger partial charge in [0, 0.05) is 24.0 Å². The van der Waals surface area contributed by atoms with Crippen molar-refractivity contribution < 1.29 is 0 Å². The van der Waals surface area contributed by atoms with Gasteiger partial charge < -0.3 is 0 Å². The van der Waals surface area contributed by atoms with Crippen LogP contribution in [0.2, 0.25) is 0 Å². The van der Waals surface area contributed by atoms with E-state index < -0.39 is 0 Å². The molecule has 3 nitrogen and oxygen atoms in total. The van der Waals surface area contributed by atoms with Crippen LogP contribution in [-0.2, 0) is 0 Å². The Labute approximate surface area is 105 Å². The van der Waals surface area contributed by atoms with Crippen molar-refractivity contribution in [1.29, 1.82) is 0 Å². The Hall–Kier alpha value is -2.55. The summed E-state index contributed by atoms with van der Waals surface area (Å²) in [7, 11) is 0. The van der Waals surface area contributed by atoms with Crippen LogP contribution in [0.5, 0.6) is 0 Å². The molecule has 0 saturated carbocycles. The summed E-state index contributed by atoms with van der Waals surface area (Å²) >= 11 is 0. The molecule has 3 heteroatoms. The normalized spacial score (nSPS) is 11.1. The van der Waals surface area contributed by atoms with Gasteiger partial charge in [0.1, 0.15) is 0 Å². The van der Waals surface area contributed by atoms with E-state index in [0.29, 0.717) is 0 Å². The molecule has 0 N–H and O–H groups in total. The lowest BCUT2D eigenvalue weighted by atomic mass is 10.2. The zero-order chi connectivity index (χ0) is 12.2. The molecular weight excluding hydrogens is 222 g/mol. The van der Waals surface area contributed by atoms with Crippen molar-refractivity contribution >= 4 is 22.8 Å². The second-order valence-corrected chi connectivity index (χ2v) is 3.92. The minimum atomic E-state index is 0.852. The maximum atomic E-state index is 4.41. The van der Waals surface area contributed by atoms with Crippen LogP contribution in [0.25, 0.3) is 10.9 Å². The first-order chi connectivity index (χ1) is 8.92. The van der Waals surface area contributed by atoms with Crippen molar-refractivity contribution in [1.82, 2.24) is 9.97 Å². The van der Waals surface area contributed by atoms with Gasteiger partial charge in [-0.2, -0.15) is 0 Å². The summed E-state index contributed by atoms with van der Waals surface area (Å²) in [6, 6.07) is 13.9. The maximum absolute atomic E-state index is 4.41. The minimum absolute atomic E-state index is 0.852. The van der Waals surface area contributed by atoms with Gasteiger partial charge in [0.2, 0.25) is 0 Å². The lowest BCUT2D eigenvalue weighted by Gasteiger charge is -1.98. The Morgan fingerprint density at radius 1 is 1.00 bits per heavy atom. The smallest absolute Gasteiger partial charge is 0.0819 e. The monoisotopic (exact) mass is 233 g/mol. The highest BCUT2D eigenvalue weighted by molar-refractivity contribution is 5.84. The third-order valence-corrected chi connectivity index (χ3v) is 2.64. The molecule has 0 bridgehead atoms. The van der Waals surface area contributed by atoms with E-state index >= 15 is 0 Å². The molecule has 0 amide bonds. The first-order valence-corrected chi connectivity index (χ1v) is 5.71. The molecule has 3 aromatic rings. The zero-order valence-corrected chi connectivity index (χ0v) is 9.69. The van der Waals surface area contributed by atoms with Crippen molar-refractivity contribution in [2.45, 2.75) is 0 Å². The van der Waals surface area contributed by atoms with Gasteiger partial charge in [0.15, 0.2) is 0 Å². The van der Waals surface area contributed by atoms with Gasteiger partial charge in [-0.05, 0) is 29.8 Å². The predicted molar refractivity (Wildman–Crippen MR) is 73.2 cm³/mol. The van der Waals surface area contributed by atoms with Gasteiger partial charge in [-0.3, -0.25) is 15.0 Å². The van der Waals surface area contributed by atoms with E-state index in [2.05, 4.69) is 15.0 Å². The van der Waals surface area contributed by atoms with E-state index in [1.807, 2.05) is 48.7 Å². The summed E-state index contributed by atoms with van der Waals surface area (Å²) in [6.07, 6.45) is 7.09. The van der Waals surface area contributed by atoms with E-state index in [1.54, 1.807) is 18.6 Å². The van der Waals surface area contributed by atoms with E-state index in [1.165, 1.54) is 0 Å². The highest BCUT2D eigenvalue weighted by Gasteiger charge is 1.95. The van der Waals surface area contributed by atoms with Gasteiger partial charge in [-0.25, -0.2) is 0 Å². The Morgan fingerprint density at radius 2 is 1.83 bits per heavy atom. The summed E-state index contributed by atoms with van der Waals surface area (Å²) in [4.78, 5) is 12.7. The van der Waals surface area contributed by atoms with Crippen LogP contribution in [0.3, 0.4) is 0 Å². The van der Waals surface area contributed by atoms with Gasteiger partial charge in [0.25, 0.3) is 0 Å². The molecule has 2 heterocycles. The van der Waals surface area contributed by atoms with Gasteiger partial charge in [-0.1, -0.05) is 18.2 Å². The summed E-state index contributed by atoms with van der Waals surface area (Å²) in [5.74, 6) is 0. The van der Waals surface area contributed by atoms with E-state index in [0.717, 1.165) is 22.2 Å². The molecule has 0 aliphatic carbocycles. The summed E-state index contributed by atoms with van der Waals surface area (Å²) in [5.41, 5.74) is 2.86. The number of nitrogens with zero attached hydrogens (tertiary/aromatic N) is 3. The quantitative estimate of drug-likeness (QED) is 0.636. The molecule has 86 valence electrons. The number of fused-ring (bicyclic) bond motifs is 1. The van der Waals surface area contributed by atoms with Gasteiger partial charge >= 0.3 is 0 Å². The van der Waals surface area contributed by atoms with Gasteiger partial charge in [-0.15, -0.1) is 0 Å². The van der Waals surface area contributed by atoms with Gasteiger partial charge in [0.05, 0.1) is 17.4 Å². The van der Waals surface area contributed by atoms with Crippen LogP contribution in [0, 0.1) is 0 Å². The number of aliphatic imine (C=N–C) groups is 1. The Balaban J connectivity index is 1.93. The average Bonchev–Trinajstić information content (AvgIpc) is 2.46. The Morgan fingerprint density at radius 3 is 2.72 bits per heavy atom. The molecule has 0 atom stereocenters. The van der Waals surface area contributed by atoms with Crippen LogP contribution < -0.4 is 0 Å². The van der Waals surface area contributed by atoms with Crippen molar-refractivity contribution in [3.63, 3.8) is 0 Å². The maximum Gasteiger partial charge on any atom is 0.0819 e. The van der Waals surface area contributed by atoms with Crippen LogP contribution in [-0.4, -0.2) is 16.2 Å². The van der Waals surface area contributed by atoms with E-state index in [-0.39, 0.29) is 0 Å². The molecule has 0 unspecified atom stereocenters. The van der Waals surface area contributed by atoms with Crippen LogP contribution in [0.15, 0.2) is 66.0 Å². The lowest BCUT2D eigenvalue weighted by Crippen LogP contribution is -1.81. The van der Waals surface area contributed by atoms with E-state index in [9.17, 15) is 0 Å². The van der Waals surface area contributed by atoms with Crippen LogP contribution in [0.1, 0.15) is 5.56 Å². The van der Waals surface area contributed by atoms with Crippen molar-refractivity contribution in [2.75, 3.05) is 0 Å². The number of hydrogen-bond acceptors (Lipinski definition) is 3. The standard InChI is InChI=1S/C15H11N3/c1-2-4-15-13(3-1)9-14(11-18-15)17-10-12-5-7-16-8-6-12/h1-11H. The fourth-order valence-corrected chi connectivity index (χ4v) is 1.73. The predicted octanol–water partition coefficient (Wildman–Crippen LogP) is 3.38. The van der Waals surface area contributed by atoms with Crippen molar-refractivity contribution in [2.24, 2.45) is 4.99 Å². The molecule has 0 saturated heterocycles. The Bertz CT molecular complexity index is 690. The van der Waals surface area contributed by atoms with Crippen molar-refractivity contribution in [3.05, 3.63) is 66.6 Å². The Kier molecular flexibility index (Phi) is 2.80. The van der Waals surface area contributed by atoms with E-state index in [4.69, 9.17) is 0 Å². The molecular formula is C15H11N3. The molecule has 1 aromatic carbocycles. The number of pyridine rings is 2. The second kappa shape index (κ2) is 4.75. The molecule has 0 aliphatic heterocycles. The number of benzene rings is 1.